The van der Waals surface area contributed by atoms with Gasteiger partial charge < -0.3 is 4.90 Å². The van der Waals surface area contributed by atoms with E-state index in [1.54, 1.807) is 0 Å². The van der Waals surface area contributed by atoms with Crippen molar-refractivity contribution in [3.05, 3.63) is 221 Å². The Morgan fingerprint density at radius 3 is 1.52 bits per heavy atom. The Morgan fingerprint density at radius 1 is 0.375 bits per heavy atom. The van der Waals surface area contributed by atoms with Gasteiger partial charge in [0, 0.05) is 22.4 Å². The van der Waals surface area contributed by atoms with Crippen molar-refractivity contribution in [2.45, 2.75) is 43.4 Å². The largest absolute Gasteiger partial charge is 0.310 e. The predicted octanol–water partition coefficient (Wildman–Crippen LogP) is 14.3. The zero-order valence-corrected chi connectivity index (χ0v) is 31.6. The molecule has 8 aromatic carbocycles. The Kier molecular flexibility index (Phi) is 6.70. The molecule has 0 amide bonds. The van der Waals surface area contributed by atoms with Crippen LogP contribution in [0.15, 0.2) is 182 Å². The predicted molar refractivity (Wildman–Crippen MR) is 232 cm³/mol. The van der Waals surface area contributed by atoms with Gasteiger partial charge in [0.25, 0.3) is 0 Å². The summed E-state index contributed by atoms with van der Waals surface area (Å²) < 4.78 is 0. The molecule has 4 aliphatic rings. The minimum atomic E-state index is -0.417. The molecule has 0 bridgehead atoms. The van der Waals surface area contributed by atoms with E-state index in [-0.39, 0.29) is 5.41 Å². The standard InChI is InChI=1S/C55H41N/c1-36-33-45-43-23-8-13-27-49(43)55(47-25-11-6-21-41(47)42-22-7-12-26-48(42)55)51(45)35-53(36)56(52-28-14-9-19-39(52)37-17-3-2-4-18-37)38-29-30-44-40-20-5-10-24-46(40)54(50(44)34-38)31-15-16-32-54/h2-14,17-30,33-35H,15-16,31-32H2,1H3. The first kappa shape index (κ1) is 31.9. The van der Waals surface area contributed by atoms with Gasteiger partial charge in [-0.3, -0.25) is 0 Å². The first-order valence-electron chi connectivity index (χ1n) is 20.3. The molecular weight excluding hydrogens is 675 g/mol. The van der Waals surface area contributed by atoms with Crippen LogP contribution in [0, 0.1) is 6.92 Å². The number of anilines is 3. The van der Waals surface area contributed by atoms with Gasteiger partial charge in [-0.05, 0) is 128 Å². The Balaban J connectivity index is 1.16. The van der Waals surface area contributed by atoms with E-state index in [1.165, 1.54) is 126 Å². The maximum Gasteiger partial charge on any atom is 0.0726 e. The third-order valence-corrected chi connectivity index (χ3v) is 13.8. The molecule has 1 heteroatoms. The van der Waals surface area contributed by atoms with E-state index in [2.05, 4.69) is 194 Å². The molecule has 0 atom stereocenters. The highest BCUT2D eigenvalue weighted by Gasteiger charge is 2.52. The number of nitrogens with zero attached hydrogens (tertiary/aromatic N) is 1. The molecule has 0 heterocycles. The van der Waals surface area contributed by atoms with Crippen LogP contribution in [-0.4, -0.2) is 0 Å². The molecule has 8 aromatic rings. The number of fused-ring (bicyclic) bond motifs is 15. The maximum atomic E-state index is 2.59. The number of aryl methyl sites for hydroxylation is 1. The molecule has 0 saturated heterocycles. The number of hydrogen-bond acceptors (Lipinski definition) is 1. The fourth-order valence-electron chi connectivity index (χ4n) is 11.5. The van der Waals surface area contributed by atoms with Crippen molar-refractivity contribution in [2.75, 3.05) is 4.90 Å². The van der Waals surface area contributed by atoms with Crippen molar-refractivity contribution < 1.29 is 0 Å². The van der Waals surface area contributed by atoms with Gasteiger partial charge in [-0.25, -0.2) is 0 Å². The molecule has 12 rings (SSSR count). The molecule has 0 N–H and O–H groups in total. The topological polar surface area (TPSA) is 3.24 Å². The summed E-state index contributed by atoms with van der Waals surface area (Å²) in [7, 11) is 0. The van der Waals surface area contributed by atoms with Crippen molar-refractivity contribution in [1.29, 1.82) is 0 Å². The summed E-state index contributed by atoms with van der Waals surface area (Å²) in [5.41, 5.74) is 23.6. The van der Waals surface area contributed by atoms with Gasteiger partial charge >= 0.3 is 0 Å². The number of para-hydroxylation sites is 1. The second-order valence-electron chi connectivity index (χ2n) is 16.4. The van der Waals surface area contributed by atoms with E-state index >= 15 is 0 Å². The molecule has 4 aliphatic carbocycles. The normalized spacial score (nSPS) is 15.6. The minimum absolute atomic E-state index is 0.0719. The second-order valence-corrected chi connectivity index (χ2v) is 16.4. The van der Waals surface area contributed by atoms with Crippen molar-refractivity contribution >= 4 is 17.1 Å². The highest BCUT2D eigenvalue weighted by Crippen LogP contribution is 2.64. The van der Waals surface area contributed by atoms with E-state index < -0.39 is 5.41 Å². The van der Waals surface area contributed by atoms with Crippen LogP contribution >= 0.6 is 0 Å². The lowest BCUT2D eigenvalue weighted by molar-refractivity contribution is 0.550. The smallest absolute Gasteiger partial charge is 0.0726 e. The fourth-order valence-corrected chi connectivity index (χ4v) is 11.5. The SMILES string of the molecule is Cc1cc2c(cc1N(c1ccc3c(c1)C1(CCCC1)c1ccccc1-3)c1ccccc1-c1ccccc1)C1(c3ccccc3-c3ccccc31)c1ccccc1-2. The van der Waals surface area contributed by atoms with E-state index in [1.807, 2.05) is 0 Å². The van der Waals surface area contributed by atoms with Crippen LogP contribution in [0.1, 0.15) is 64.6 Å². The second kappa shape index (κ2) is 11.8. The summed E-state index contributed by atoms with van der Waals surface area (Å²) in [6, 6.07) is 69.0. The summed E-state index contributed by atoms with van der Waals surface area (Å²) in [6.07, 6.45) is 4.96. The molecule has 0 unspecified atom stereocenters. The Morgan fingerprint density at radius 2 is 0.875 bits per heavy atom. The summed E-state index contributed by atoms with van der Waals surface area (Å²) in [5.74, 6) is 0. The third kappa shape index (κ3) is 4.10. The zero-order valence-electron chi connectivity index (χ0n) is 31.6. The van der Waals surface area contributed by atoms with Crippen LogP contribution in [0.2, 0.25) is 0 Å². The average molecular weight is 716 g/mol. The minimum Gasteiger partial charge on any atom is -0.310 e. The number of benzene rings is 8. The van der Waals surface area contributed by atoms with Gasteiger partial charge in [-0.15, -0.1) is 0 Å². The molecule has 0 radical (unpaired) electrons. The van der Waals surface area contributed by atoms with Crippen LogP contribution in [0.3, 0.4) is 0 Å². The zero-order chi connectivity index (χ0) is 37.0. The molecule has 1 fully saturated rings. The van der Waals surface area contributed by atoms with Crippen LogP contribution in [0.4, 0.5) is 17.1 Å². The van der Waals surface area contributed by atoms with Crippen LogP contribution in [-0.2, 0) is 10.8 Å². The highest BCUT2D eigenvalue weighted by molar-refractivity contribution is 5.98. The van der Waals surface area contributed by atoms with E-state index in [9.17, 15) is 0 Å². The molecule has 2 spiro atoms. The summed E-state index contributed by atoms with van der Waals surface area (Å²) in [4.78, 5) is 2.59. The van der Waals surface area contributed by atoms with E-state index in [4.69, 9.17) is 0 Å². The summed E-state index contributed by atoms with van der Waals surface area (Å²) in [5, 5.41) is 0. The van der Waals surface area contributed by atoms with Gasteiger partial charge in [-0.1, -0.05) is 165 Å². The van der Waals surface area contributed by atoms with Crippen molar-refractivity contribution in [3.8, 4) is 44.5 Å². The number of rotatable bonds is 4. The van der Waals surface area contributed by atoms with Crippen LogP contribution < -0.4 is 4.90 Å². The maximum absolute atomic E-state index is 2.59. The van der Waals surface area contributed by atoms with Gasteiger partial charge in [0.2, 0.25) is 0 Å². The highest BCUT2D eigenvalue weighted by atomic mass is 15.1. The molecular formula is C55H41N. The molecule has 0 aliphatic heterocycles. The lowest BCUT2D eigenvalue weighted by atomic mass is 9.70. The van der Waals surface area contributed by atoms with Gasteiger partial charge in [0.15, 0.2) is 0 Å². The Bertz CT molecular complexity index is 2840. The first-order valence-corrected chi connectivity index (χ1v) is 20.3. The molecule has 1 saturated carbocycles. The molecule has 1 nitrogen and oxygen atoms in total. The van der Waals surface area contributed by atoms with Gasteiger partial charge in [-0.2, -0.15) is 0 Å². The molecule has 56 heavy (non-hydrogen) atoms. The monoisotopic (exact) mass is 715 g/mol. The lowest BCUT2D eigenvalue weighted by Gasteiger charge is -2.34. The quantitative estimate of drug-likeness (QED) is 0.175. The van der Waals surface area contributed by atoms with Crippen molar-refractivity contribution in [3.63, 3.8) is 0 Å². The number of hydrogen-bond donors (Lipinski definition) is 0. The lowest BCUT2D eigenvalue weighted by Crippen LogP contribution is -2.26. The van der Waals surface area contributed by atoms with Gasteiger partial charge in [0.05, 0.1) is 11.1 Å². The average Bonchev–Trinajstić information content (AvgIpc) is 4.01. The fraction of sp³-hybridized carbons (Fsp3) is 0.127. The molecule has 0 aromatic heterocycles. The third-order valence-electron chi connectivity index (χ3n) is 13.8. The van der Waals surface area contributed by atoms with Crippen LogP contribution in [0.5, 0.6) is 0 Å². The van der Waals surface area contributed by atoms with Crippen LogP contribution in [0.25, 0.3) is 44.5 Å². The van der Waals surface area contributed by atoms with Crippen molar-refractivity contribution in [2.24, 2.45) is 0 Å². The Labute approximate surface area is 329 Å². The van der Waals surface area contributed by atoms with E-state index in [0.29, 0.717) is 0 Å². The molecule has 266 valence electrons. The van der Waals surface area contributed by atoms with Gasteiger partial charge in [0.1, 0.15) is 0 Å². The summed E-state index contributed by atoms with van der Waals surface area (Å²) in [6.45, 7) is 2.32. The summed E-state index contributed by atoms with van der Waals surface area (Å²) >= 11 is 0. The Hall–Kier alpha value is -6.44. The first-order chi connectivity index (χ1) is 27.7. The van der Waals surface area contributed by atoms with Crippen molar-refractivity contribution in [1.82, 2.24) is 0 Å². The van der Waals surface area contributed by atoms with E-state index in [0.717, 1.165) is 0 Å².